The van der Waals surface area contributed by atoms with Gasteiger partial charge in [0, 0.05) is 17.4 Å². The quantitative estimate of drug-likeness (QED) is 0.825. The molecule has 1 rings (SSSR count). The van der Waals surface area contributed by atoms with Crippen molar-refractivity contribution < 1.29 is 21.6 Å². The Labute approximate surface area is 125 Å². The second-order valence-electron chi connectivity index (χ2n) is 4.43. The van der Waals surface area contributed by atoms with Gasteiger partial charge >= 0.3 is 5.51 Å². The number of halogens is 5. The molecular formula is C11H12Cl2F3NO2S. The van der Waals surface area contributed by atoms with Crippen LogP contribution in [0.15, 0.2) is 29.2 Å². The van der Waals surface area contributed by atoms with E-state index in [0.29, 0.717) is 5.69 Å². The largest absolute Gasteiger partial charge is 0.501 e. The normalized spacial score (nSPS) is 13.3. The maximum absolute atomic E-state index is 12.4. The molecule has 0 saturated heterocycles. The van der Waals surface area contributed by atoms with Gasteiger partial charge in [-0.2, -0.15) is 13.2 Å². The molecule has 0 heterocycles. The summed E-state index contributed by atoms with van der Waals surface area (Å²) in [6, 6.07) is 4.23. The lowest BCUT2D eigenvalue weighted by Gasteiger charge is -2.27. The number of hydrogen-bond donors (Lipinski definition) is 1. The summed E-state index contributed by atoms with van der Waals surface area (Å²) in [5, 5.41) is 2.93. The van der Waals surface area contributed by atoms with E-state index >= 15 is 0 Å². The highest BCUT2D eigenvalue weighted by Gasteiger charge is 2.46. The monoisotopic (exact) mass is 349 g/mol. The number of alkyl halides is 5. The maximum Gasteiger partial charge on any atom is 0.501 e. The molecule has 0 unspecified atom stereocenters. The standard InChI is InChI=1S/C11H12Cl2F3NO2S/c1-10(6-12,7-13)17-8-2-4-9(5-3-8)20(18,19)11(14,15)16/h2-5,17H,6-7H2,1H3. The molecule has 0 atom stereocenters. The first kappa shape index (κ1) is 17.4. The van der Waals surface area contributed by atoms with Gasteiger partial charge in [-0.3, -0.25) is 0 Å². The number of benzene rings is 1. The maximum atomic E-state index is 12.4. The van der Waals surface area contributed by atoms with Gasteiger partial charge < -0.3 is 5.32 Å². The SMILES string of the molecule is CC(CCl)(CCl)Nc1ccc(S(=O)(=O)C(F)(F)F)cc1. The molecule has 0 amide bonds. The van der Waals surface area contributed by atoms with Crippen molar-refractivity contribution in [3.8, 4) is 0 Å². The third-order valence-corrected chi connectivity index (χ3v) is 5.19. The predicted molar refractivity (Wildman–Crippen MR) is 73.2 cm³/mol. The minimum atomic E-state index is -5.33. The lowest BCUT2D eigenvalue weighted by molar-refractivity contribution is -0.0436. The molecule has 0 aliphatic heterocycles. The molecule has 3 nitrogen and oxygen atoms in total. The predicted octanol–water partition coefficient (Wildman–Crippen LogP) is 3.63. The van der Waals surface area contributed by atoms with Crippen LogP contribution in [0.1, 0.15) is 6.92 Å². The Balaban J connectivity index is 3.02. The summed E-state index contributed by atoms with van der Waals surface area (Å²) in [4.78, 5) is -0.811. The molecular weight excluding hydrogens is 338 g/mol. The zero-order valence-electron chi connectivity index (χ0n) is 10.3. The minimum Gasteiger partial charge on any atom is -0.377 e. The number of rotatable bonds is 5. The molecule has 0 fully saturated rings. The van der Waals surface area contributed by atoms with Crippen molar-refractivity contribution in [1.29, 1.82) is 0 Å². The molecule has 0 aliphatic rings. The van der Waals surface area contributed by atoms with E-state index in [-0.39, 0.29) is 11.8 Å². The van der Waals surface area contributed by atoms with Crippen LogP contribution in [0.2, 0.25) is 0 Å². The summed E-state index contributed by atoms with van der Waals surface area (Å²) < 4.78 is 59.4. The number of sulfone groups is 1. The molecule has 0 radical (unpaired) electrons. The van der Waals surface area contributed by atoms with Gasteiger partial charge in [0.05, 0.1) is 10.4 Å². The number of nitrogens with one attached hydrogen (secondary N) is 1. The van der Waals surface area contributed by atoms with Crippen LogP contribution in [0, 0.1) is 0 Å². The average molecular weight is 350 g/mol. The van der Waals surface area contributed by atoms with Crippen molar-refractivity contribution >= 4 is 38.7 Å². The summed E-state index contributed by atoms with van der Waals surface area (Å²) >= 11 is 11.5. The Morgan fingerprint density at radius 1 is 1.10 bits per heavy atom. The van der Waals surface area contributed by atoms with Crippen molar-refractivity contribution in [3.05, 3.63) is 24.3 Å². The van der Waals surface area contributed by atoms with Gasteiger partial charge in [0.25, 0.3) is 9.84 Å². The Morgan fingerprint density at radius 3 is 1.90 bits per heavy atom. The first-order valence-electron chi connectivity index (χ1n) is 5.37. The lowest BCUT2D eigenvalue weighted by atomic mass is 10.1. The lowest BCUT2D eigenvalue weighted by Crippen LogP contribution is -2.38. The molecule has 20 heavy (non-hydrogen) atoms. The topological polar surface area (TPSA) is 46.2 Å². The zero-order valence-corrected chi connectivity index (χ0v) is 12.7. The molecule has 0 bridgehead atoms. The summed E-state index contributed by atoms with van der Waals surface area (Å²) in [7, 11) is -5.33. The van der Waals surface area contributed by atoms with Gasteiger partial charge in [0.1, 0.15) is 0 Å². The van der Waals surface area contributed by atoms with Gasteiger partial charge in [-0.1, -0.05) is 0 Å². The van der Waals surface area contributed by atoms with Gasteiger partial charge in [-0.05, 0) is 31.2 Å². The summed E-state index contributed by atoms with van der Waals surface area (Å²) in [5.41, 5.74) is -5.54. The van der Waals surface area contributed by atoms with Crippen LogP contribution in [0.25, 0.3) is 0 Å². The summed E-state index contributed by atoms with van der Waals surface area (Å²) in [5.74, 6) is 0.359. The fourth-order valence-corrected chi connectivity index (χ4v) is 2.48. The van der Waals surface area contributed by atoms with E-state index in [2.05, 4.69) is 5.32 Å². The van der Waals surface area contributed by atoms with Gasteiger partial charge in [-0.25, -0.2) is 8.42 Å². The van der Waals surface area contributed by atoms with Crippen LogP contribution in [-0.4, -0.2) is 31.2 Å². The number of hydrogen-bond acceptors (Lipinski definition) is 3. The fourth-order valence-electron chi connectivity index (χ4n) is 1.30. The van der Waals surface area contributed by atoms with Crippen LogP contribution in [0.3, 0.4) is 0 Å². The molecule has 0 aliphatic carbocycles. The molecule has 114 valence electrons. The van der Waals surface area contributed by atoms with E-state index in [4.69, 9.17) is 23.2 Å². The van der Waals surface area contributed by atoms with Crippen LogP contribution < -0.4 is 5.32 Å². The van der Waals surface area contributed by atoms with Crippen LogP contribution in [-0.2, 0) is 9.84 Å². The van der Waals surface area contributed by atoms with Crippen molar-refractivity contribution in [1.82, 2.24) is 0 Å². The number of anilines is 1. The molecule has 0 spiro atoms. The van der Waals surface area contributed by atoms with Gasteiger partial charge in [0.2, 0.25) is 0 Å². The Hall–Kier alpha value is -0.660. The Bertz CT molecular complexity index is 554. The fraction of sp³-hybridized carbons (Fsp3) is 0.455. The third kappa shape index (κ3) is 3.71. The van der Waals surface area contributed by atoms with Gasteiger partial charge in [0.15, 0.2) is 0 Å². The highest BCUT2D eigenvalue weighted by atomic mass is 35.5. The van der Waals surface area contributed by atoms with Crippen LogP contribution in [0.4, 0.5) is 18.9 Å². The van der Waals surface area contributed by atoms with E-state index in [1.165, 1.54) is 12.1 Å². The first-order valence-corrected chi connectivity index (χ1v) is 7.92. The van der Waals surface area contributed by atoms with Crippen molar-refractivity contribution in [2.75, 3.05) is 17.1 Å². The Morgan fingerprint density at radius 2 is 1.55 bits per heavy atom. The van der Waals surface area contributed by atoms with Crippen molar-refractivity contribution in [2.45, 2.75) is 22.9 Å². The molecule has 1 aromatic carbocycles. The smallest absolute Gasteiger partial charge is 0.377 e. The molecule has 1 N–H and O–H groups in total. The first-order chi connectivity index (χ1) is 9.05. The molecule has 0 aromatic heterocycles. The van der Waals surface area contributed by atoms with E-state index in [1.807, 2.05) is 0 Å². The Kier molecular flexibility index (Phi) is 5.21. The average Bonchev–Trinajstić information content (AvgIpc) is 2.38. The highest BCUT2D eigenvalue weighted by Crippen LogP contribution is 2.31. The molecule has 0 saturated carbocycles. The third-order valence-electron chi connectivity index (χ3n) is 2.51. The second kappa shape index (κ2) is 5.99. The zero-order chi connectivity index (χ0) is 15.6. The van der Waals surface area contributed by atoms with E-state index < -0.39 is 25.8 Å². The summed E-state index contributed by atoms with van der Waals surface area (Å²) in [6.45, 7) is 1.73. The van der Waals surface area contributed by atoms with E-state index in [9.17, 15) is 21.6 Å². The minimum absolute atomic E-state index is 0.180. The summed E-state index contributed by atoms with van der Waals surface area (Å²) in [6.07, 6.45) is 0. The van der Waals surface area contributed by atoms with Crippen LogP contribution in [0.5, 0.6) is 0 Å². The highest BCUT2D eigenvalue weighted by molar-refractivity contribution is 7.92. The van der Waals surface area contributed by atoms with Crippen molar-refractivity contribution in [2.24, 2.45) is 0 Å². The molecule has 1 aromatic rings. The second-order valence-corrected chi connectivity index (χ2v) is 6.90. The van der Waals surface area contributed by atoms with Gasteiger partial charge in [-0.15, -0.1) is 23.2 Å². The van der Waals surface area contributed by atoms with E-state index in [1.54, 1.807) is 6.92 Å². The van der Waals surface area contributed by atoms with Crippen molar-refractivity contribution in [3.63, 3.8) is 0 Å². The van der Waals surface area contributed by atoms with E-state index in [0.717, 1.165) is 12.1 Å². The molecule has 9 heteroatoms. The van der Waals surface area contributed by atoms with Crippen LogP contribution >= 0.6 is 23.2 Å².